The zero-order valence-electron chi connectivity index (χ0n) is 16.0. The minimum absolute atomic E-state index is 0.00145. The molecule has 2 saturated heterocycles. The molecule has 0 spiro atoms. The fourth-order valence-corrected chi connectivity index (χ4v) is 3.75. The summed E-state index contributed by atoms with van der Waals surface area (Å²) in [6, 6.07) is 4.87. The van der Waals surface area contributed by atoms with Gasteiger partial charge >= 0.3 is 0 Å². The van der Waals surface area contributed by atoms with Crippen LogP contribution in [-0.2, 0) is 4.74 Å². The van der Waals surface area contributed by atoms with E-state index in [0.717, 1.165) is 39.0 Å². The number of ether oxygens (including phenoxy) is 1. The van der Waals surface area contributed by atoms with E-state index in [9.17, 15) is 14.9 Å². The lowest BCUT2D eigenvalue weighted by Gasteiger charge is -2.35. The Morgan fingerprint density at radius 1 is 1.19 bits per heavy atom. The molecule has 0 radical (unpaired) electrons. The van der Waals surface area contributed by atoms with Crippen LogP contribution in [0.5, 0.6) is 0 Å². The maximum atomic E-state index is 12.7. The SMILES string of the molecule is C[C@@H](NC(=O)c1ccc(N2CCCC2)c([N+](=O)[O-])c1)[C@H](C)N1CCOCC1. The molecule has 8 nitrogen and oxygen atoms in total. The van der Waals surface area contributed by atoms with Crippen molar-refractivity contribution in [1.82, 2.24) is 10.2 Å². The number of anilines is 1. The van der Waals surface area contributed by atoms with Crippen LogP contribution in [0.15, 0.2) is 18.2 Å². The summed E-state index contributed by atoms with van der Waals surface area (Å²) in [5.74, 6) is -0.279. The Bertz CT molecular complexity index is 684. The number of hydrogen-bond donors (Lipinski definition) is 1. The highest BCUT2D eigenvalue weighted by Gasteiger charge is 2.26. The van der Waals surface area contributed by atoms with Crippen molar-refractivity contribution < 1.29 is 14.5 Å². The van der Waals surface area contributed by atoms with Gasteiger partial charge in [0.25, 0.3) is 11.6 Å². The zero-order chi connectivity index (χ0) is 19.4. The van der Waals surface area contributed by atoms with E-state index in [1.807, 2.05) is 11.8 Å². The topological polar surface area (TPSA) is 88.0 Å². The van der Waals surface area contributed by atoms with Crippen molar-refractivity contribution >= 4 is 17.3 Å². The van der Waals surface area contributed by atoms with Crippen LogP contribution in [0.4, 0.5) is 11.4 Å². The van der Waals surface area contributed by atoms with Gasteiger partial charge in [0.15, 0.2) is 0 Å². The Labute approximate surface area is 159 Å². The largest absolute Gasteiger partial charge is 0.379 e. The second kappa shape index (κ2) is 8.67. The Kier molecular flexibility index (Phi) is 6.28. The van der Waals surface area contributed by atoms with E-state index < -0.39 is 4.92 Å². The lowest BCUT2D eigenvalue weighted by molar-refractivity contribution is -0.384. The van der Waals surface area contributed by atoms with Crippen molar-refractivity contribution in [2.45, 2.75) is 38.8 Å². The van der Waals surface area contributed by atoms with Crippen molar-refractivity contribution in [1.29, 1.82) is 0 Å². The van der Waals surface area contributed by atoms with E-state index in [0.29, 0.717) is 24.5 Å². The molecule has 0 bridgehead atoms. The number of morpholine rings is 1. The second-order valence-corrected chi connectivity index (χ2v) is 7.31. The van der Waals surface area contributed by atoms with E-state index in [4.69, 9.17) is 4.74 Å². The second-order valence-electron chi connectivity index (χ2n) is 7.31. The summed E-state index contributed by atoms with van der Waals surface area (Å²) in [5.41, 5.74) is 0.924. The van der Waals surface area contributed by atoms with Crippen molar-refractivity contribution in [2.24, 2.45) is 0 Å². The molecule has 2 fully saturated rings. The maximum Gasteiger partial charge on any atom is 0.293 e. The van der Waals surface area contributed by atoms with E-state index >= 15 is 0 Å². The fraction of sp³-hybridized carbons (Fsp3) is 0.632. The Balaban J connectivity index is 1.70. The lowest BCUT2D eigenvalue weighted by atomic mass is 10.1. The summed E-state index contributed by atoms with van der Waals surface area (Å²) in [6.07, 6.45) is 2.08. The molecule has 2 atom stereocenters. The predicted octanol–water partition coefficient (Wildman–Crippen LogP) is 2.03. The van der Waals surface area contributed by atoms with E-state index in [-0.39, 0.29) is 23.7 Å². The molecular weight excluding hydrogens is 348 g/mol. The highest BCUT2D eigenvalue weighted by molar-refractivity contribution is 5.96. The summed E-state index contributed by atoms with van der Waals surface area (Å²) in [6.45, 7) is 8.78. The van der Waals surface area contributed by atoms with Crippen LogP contribution in [0.1, 0.15) is 37.0 Å². The van der Waals surface area contributed by atoms with Crippen molar-refractivity contribution in [3.8, 4) is 0 Å². The van der Waals surface area contributed by atoms with E-state index in [2.05, 4.69) is 17.1 Å². The summed E-state index contributed by atoms with van der Waals surface area (Å²) < 4.78 is 5.37. The van der Waals surface area contributed by atoms with Gasteiger partial charge in [0.1, 0.15) is 5.69 Å². The van der Waals surface area contributed by atoms with Crippen molar-refractivity contribution in [3.63, 3.8) is 0 Å². The number of hydrogen-bond acceptors (Lipinski definition) is 6. The van der Waals surface area contributed by atoms with Crippen LogP contribution in [-0.4, -0.2) is 67.2 Å². The first-order valence-corrected chi connectivity index (χ1v) is 9.63. The number of carbonyl (C=O) groups is 1. The molecule has 0 saturated carbocycles. The number of benzene rings is 1. The molecule has 0 unspecified atom stereocenters. The standard InChI is InChI=1S/C19H28N4O4/c1-14(15(2)21-9-11-27-12-10-21)20-19(24)16-5-6-17(18(13-16)23(25)26)22-7-3-4-8-22/h5-6,13-15H,3-4,7-12H2,1-2H3,(H,20,24)/t14-,15+/m1/s1. The number of rotatable bonds is 6. The summed E-state index contributed by atoms with van der Waals surface area (Å²) in [5, 5.41) is 14.5. The van der Waals surface area contributed by atoms with Crippen molar-refractivity contribution in [2.75, 3.05) is 44.3 Å². The van der Waals surface area contributed by atoms with Gasteiger partial charge in [0.2, 0.25) is 0 Å². The molecule has 8 heteroatoms. The highest BCUT2D eigenvalue weighted by atomic mass is 16.6. The average molecular weight is 376 g/mol. The Morgan fingerprint density at radius 2 is 1.85 bits per heavy atom. The van der Waals surface area contributed by atoms with Gasteiger partial charge in [-0.05, 0) is 38.8 Å². The monoisotopic (exact) mass is 376 g/mol. The van der Waals surface area contributed by atoms with Crippen LogP contribution in [0.2, 0.25) is 0 Å². The summed E-state index contributed by atoms with van der Waals surface area (Å²) >= 11 is 0. The maximum absolute atomic E-state index is 12.7. The van der Waals surface area contributed by atoms with Gasteiger partial charge in [0, 0.05) is 49.9 Å². The van der Waals surface area contributed by atoms with Crippen LogP contribution in [0, 0.1) is 10.1 Å². The number of nitrogens with zero attached hydrogens (tertiary/aromatic N) is 3. The molecular formula is C19H28N4O4. The zero-order valence-corrected chi connectivity index (χ0v) is 16.0. The third-order valence-corrected chi connectivity index (χ3v) is 5.59. The first-order valence-electron chi connectivity index (χ1n) is 9.63. The molecule has 1 amide bonds. The molecule has 27 heavy (non-hydrogen) atoms. The molecule has 2 aliphatic heterocycles. The van der Waals surface area contributed by atoms with Gasteiger partial charge < -0.3 is 15.0 Å². The Morgan fingerprint density at radius 3 is 2.48 bits per heavy atom. The minimum atomic E-state index is -0.399. The highest BCUT2D eigenvalue weighted by Crippen LogP contribution is 2.31. The first kappa shape index (κ1) is 19.6. The number of amides is 1. The number of nitrogens with one attached hydrogen (secondary N) is 1. The van der Waals surface area contributed by atoms with Gasteiger partial charge in [-0.3, -0.25) is 19.8 Å². The molecule has 0 aliphatic carbocycles. The third-order valence-electron chi connectivity index (χ3n) is 5.59. The quantitative estimate of drug-likeness (QED) is 0.604. The first-order chi connectivity index (χ1) is 13.0. The van der Waals surface area contributed by atoms with E-state index in [1.165, 1.54) is 6.07 Å². The molecule has 1 aromatic carbocycles. The fourth-order valence-electron chi connectivity index (χ4n) is 3.75. The normalized spacial score (nSPS) is 20.3. The smallest absolute Gasteiger partial charge is 0.293 e. The molecule has 2 aliphatic rings. The van der Waals surface area contributed by atoms with Gasteiger partial charge in [-0.2, -0.15) is 0 Å². The summed E-state index contributed by atoms with van der Waals surface area (Å²) in [7, 11) is 0. The molecule has 0 aromatic heterocycles. The number of nitro groups is 1. The van der Waals surface area contributed by atoms with Crippen LogP contribution in [0.3, 0.4) is 0 Å². The predicted molar refractivity (Wildman–Crippen MR) is 103 cm³/mol. The average Bonchev–Trinajstić information content (AvgIpc) is 3.22. The molecule has 2 heterocycles. The van der Waals surface area contributed by atoms with Crippen LogP contribution in [0.25, 0.3) is 0 Å². The number of nitro benzene ring substituents is 1. The van der Waals surface area contributed by atoms with Gasteiger partial charge in [-0.25, -0.2) is 0 Å². The van der Waals surface area contributed by atoms with Crippen LogP contribution < -0.4 is 10.2 Å². The van der Waals surface area contributed by atoms with Crippen molar-refractivity contribution in [3.05, 3.63) is 33.9 Å². The minimum Gasteiger partial charge on any atom is -0.379 e. The molecule has 1 aromatic rings. The summed E-state index contributed by atoms with van der Waals surface area (Å²) in [4.78, 5) is 28.1. The molecule has 1 N–H and O–H groups in total. The van der Waals surface area contributed by atoms with E-state index in [1.54, 1.807) is 12.1 Å². The van der Waals surface area contributed by atoms with Gasteiger partial charge in [0.05, 0.1) is 18.1 Å². The van der Waals surface area contributed by atoms with Gasteiger partial charge in [-0.15, -0.1) is 0 Å². The lowest BCUT2D eigenvalue weighted by Crippen LogP contribution is -2.52. The van der Waals surface area contributed by atoms with Crippen LogP contribution >= 0.6 is 0 Å². The third kappa shape index (κ3) is 4.56. The van der Waals surface area contributed by atoms with Gasteiger partial charge in [-0.1, -0.05) is 0 Å². The molecule has 148 valence electrons. The Hall–Kier alpha value is -2.19. The molecule has 3 rings (SSSR count). The number of carbonyl (C=O) groups excluding carboxylic acids is 1.